The van der Waals surface area contributed by atoms with Crippen LogP contribution in [0.1, 0.15) is 38.5 Å². The zero-order valence-electron chi connectivity index (χ0n) is 11.5. The van der Waals surface area contributed by atoms with E-state index in [0.29, 0.717) is 17.6 Å². The monoisotopic (exact) mass is 273 g/mol. The van der Waals surface area contributed by atoms with Crippen LogP contribution in [0.4, 0.5) is 0 Å². The van der Waals surface area contributed by atoms with Crippen molar-refractivity contribution in [2.24, 2.45) is 11.7 Å². The summed E-state index contributed by atoms with van der Waals surface area (Å²) in [5.41, 5.74) is 6.64. The summed E-state index contributed by atoms with van der Waals surface area (Å²) >= 11 is 0. The molecule has 0 aliphatic heterocycles. The van der Waals surface area contributed by atoms with Crippen molar-refractivity contribution in [1.29, 1.82) is 0 Å². The fourth-order valence-electron chi connectivity index (χ4n) is 2.68. The van der Waals surface area contributed by atoms with Gasteiger partial charge in [0.25, 0.3) is 0 Å². The number of hydrogen-bond donors (Lipinski definition) is 2. The Morgan fingerprint density at radius 2 is 2.10 bits per heavy atom. The minimum Gasteiger partial charge on any atom is -0.508 e. The number of nitrogens with two attached hydrogens (primary N) is 1. The minimum atomic E-state index is -0.505. The topological polar surface area (TPSA) is 85.2 Å². The summed E-state index contributed by atoms with van der Waals surface area (Å²) in [5, 5.41) is 13.5. The molecule has 0 unspecified atom stereocenters. The average Bonchev–Trinajstić information content (AvgIpc) is 2.93. The highest BCUT2D eigenvalue weighted by molar-refractivity contribution is 5.56. The maximum atomic E-state index is 9.50. The molecule has 0 atom stereocenters. The molecule has 1 fully saturated rings. The van der Waals surface area contributed by atoms with Crippen molar-refractivity contribution in [3.63, 3.8) is 0 Å². The highest BCUT2D eigenvalue weighted by Gasteiger charge is 2.37. The quantitative estimate of drug-likeness (QED) is 0.878. The summed E-state index contributed by atoms with van der Waals surface area (Å²) in [7, 11) is 0. The normalized spacial score (nSPS) is 26.6. The zero-order chi connectivity index (χ0) is 14.2. The number of rotatable bonds is 2. The minimum absolute atomic E-state index is 0.183. The molecule has 0 spiro atoms. The van der Waals surface area contributed by atoms with Crippen molar-refractivity contribution in [2.75, 3.05) is 0 Å². The number of phenols is 1. The SMILES string of the molecule is CC1CCC(N)(c2nc(-c3cccc(O)c3)no2)CC1. The van der Waals surface area contributed by atoms with Gasteiger partial charge in [0.2, 0.25) is 11.7 Å². The highest BCUT2D eigenvalue weighted by atomic mass is 16.5. The molecule has 0 saturated heterocycles. The summed E-state index contributed by atoms with van der Waals surface area (Å²) in [5.74, 6) is 1.87. The molecule has 0 radical (unpaired) electrons. The summed E-state index contributed by atoms with van der Waals surface area (Å²) in [4.78, 5) is 4.43. The highest BCUT2D eigenvalue weighted by Crippen LogP contribution is 2.37. The molecule has 1 heterocycles. The van der Waals surface area contributed by atoms with Crippen LogP contribution in [-0.2, 0) is 5.54 Å². The molecule has 0 bridgehead atoms. The van der Waals surface area contributed by atoms with Crippen molar-refractivity contribution >= 4 is 0 Å². The first-order chi connectivity index (χ1) is 9.57. The molecular weight excluding hydrogens is 254 g/mol. The number of hydrogen-bond acceptors (Lipinski definition) is 5. The Hall–Kier alpha value is -1.88. The predicted molar refractivity (Wildman–Crippen MR) is 74.9 cm³/mol. The van der Waals surface area contributed by atoms with Crippen LogP contribution in [-0.4, -0.2) is 15.2 Å². The van der Waals surface area contributed by atoms with Gasteiger partial charge in [0.05, 0.1) is 5.54 Å². The second-order valence-electron chi connectivity index (χ2n) is 5.81. The second-order valence-corrected chi connectivity index (χ2v) is 5.81. The van der Waals surface area contributed by atoms with E-state index in [9.17, 15) is 5.11 Å². The van der Waals surface area contributed by atoms with E-state index in [0.717, 1.165) is 31.2 Å². The van der Waals surface area contributed by atoms with Crippen LogP contribution in [0, 0.1) is 5.92 Å². The van der Waals surface area contributed by atoms with Gasteiger partial charge in [-0.15, -0.1) is 0 Å². The summed E-state index contributed by atoms with van der Waals surface area (Å²) in [6.45, 7) is 2.24. The molecule has 1 aliphatic carbocycles. The molecule has 3 rings (SSSR count). The first-order valence-corrected chi connectivity index (χ1v) is 6.99. The van der Waals surface area contributed by atoms with Gasteiger partial charge in [0, 0.05) is 5.56 Å². The smallest absolute Gasteiger partial charge is 0.247 e. The molecular formula is C15H19N3O2. The van der Waals surface area contributed by atoms with Gasteiger partial charge in [-0.3, -0.25) is 0 Å². The van der Waals surface area contributed by atoms with Crippen LogP contribution in [0.2, 0.25) is 0 Å². The lowest BCUT2D eigenvalue weighted by Gasteiger charge is -2.32. The molecule has 5 heteroatoms. The van der Waals surface area contributed by atoms with E-state index in [4.69, 9.17) is 10.3 Å². The van der Waals surface area contributed by atoms with Crippen molar-refractivity contribution in [2.45, 2.75) is 38.1 Å². The van der Waals surface area contributed by atoms with E-state index in [1.807, 2.05) is 6.07 Å². The van der Waals surface area contributed by atoms with Gasteiger partial charge in [0.15, 0.2) is 0 Å². The van der Waals surface area contributed by atoms with Crippen LogP contribution >= 0.6 is 0 Å². The summed E-state index contributed by atoms with van der Waals surface area (Å²) in [6.07, 6.45) is 3.91. The lowest BCUT2D eigenvalue weighted by atomic mass is 9.78. The summed E-state index contributed by atoms with van der Waals surface area (Å²) in [6, 6.07) is 6.81. The van der Waals surface area contributed by atoms with E-state index in [-0.39, 0.29) is 5.75 Å². The van der Waals surface area contributed by atoms with Gasteiger partial charge in [0.1, 0.15) is 5.75 Å². The van der Waals surface area contributed by atoms with Crippen molar-refractivity contribution in [3.05, 3.63) is 30.2 Å². The van der Waals surface area contributed by atoms with E-state index in [2.05, 4.69) is 17.1 Å². The average molecular weight is 273 g/mol. The van der Waals surface area contributed by atoms with Gasteiger partial charge in [-0.25, -0.2) is 0 Å². The largest absolute Gasteiger partial charge is 0.508 e. The summed E-state index contributed by atoms with van der Waals surface area (Å²) < 4.78 is 5.37. The Labute approximate surface area is 117 Å². The van der Waals surface area contributed by atoms with E-state index < -0.39 is 5.54 Å². The third-order valence-electron chi connectivity index (χ3n) is 4.12. The van der Waals surface area contributed by atoms with Crippen molar-refractivity contribution in [1.82, 2.24) is 10.1 Å². The number of nitrogens with zero attached hydrogens (tertiary/aromatic N) is 2. The molecule has 20 heavy (non-hydrogen) atoms. The molecule has 1 saturated carbocycles. The van der Waals surface area contributed by atoms with Crippen LogP contribution in [0.5, 0.6) is 5.75 Å². The Morgan fingerprint density at radius 3 is 2.80 bits per heavy atom. The van der Waals surface area contributed by atoms with Crippen LogP contribution in [0.15, 0.2) is 28.8 Å². The van der Waals surface area contributed by atoms with Gasteiger partial charge >= 0.3 is 0 Å². The first kappa shape index (κ1) is 13.1. The van der Waals surface area contributed by atoms with Gasteiger partial charge < -0.3 is 15.4 Å². The molecule has 106 valence electrons. The van der Waals surface area contributed by atoms with Crippen LogP contribution in [0.25, 0.3) is 11.4 Å². The fraction of sp³-hybridized carbons (Fsp3) is 0.467. The van der Waals surface area contributed by atoms with Crippen LogP contribution < -0.4 is 5.73 Å². The number of benzene rings is 1. The third kappa shape index (κ3) is 2.41. The molecule has 1 aliphatic rings. The zero-order valence-corrected chi connectivity index (χ0v) is 11.5. The Bertz CT molecular complexity index is 601. The number of aromatic nitrogens is 2. The Morgan fingerprint density at radius 1 is 1.35 bits per heavy atom. The molecule has 1 aromatic carbocycles. The Kier molecular flexibility index (Phi) is 3.22. The standard InChI is InChI=1S/C15H19N3O2/c1-10-5-7-15(16,8-6-10)14-17-13(18-20-14)11-3-2-4-12(19)9-11/h2-4,9-10,19H,5-8,16H2,1H3. The molecule has 1 aromatic heterocycles. The van der Waals surface area contributed by atoms with Gasteiger partial charge in [-0.2, -0.15) is 4.98 Å². The maximum absolute atomic E-state index is 9.50. The number of phenolic OH excluding ortho intramolecular Hbond substituents is 1. The third-order valence-corrected chi connectivity index (χ3v) is 4.12. The lowest BCUT2D eigenvalue weighted by molar-refractivity contribution is 0.190. The molecule has 0 amide bonds. The van der Waals surface area contributed by atoms with Gasteiger partial charge in [-0.1, -0.05) is 24.2 Å². The molecule has 5 nitrogen and oxygen atoms in total. The van der Waals surface area contributed by atoms with E-state index in [1.54, 1.807) is 18.2 Å². The van der Waals surface area contributed by atoms with Crippen molar-refractivity contribution in [3.8, 4) is 17.1 Å². The van der Waals surface area contributed by atoms with Gasteiger partial charge in [-0.05, 0) is 43.7 Å². The predicted octanol–water partition coefficient (Wildman–Crippen LogP) is 2.81. The number of aromatic hydroxyl groups is 1. The molecule has 3 N–H and O–H groups in total. The second kappa shape index (κ2) is 4.90. The van der Waals surface area contributed by atoms with E-state index >= 15 is 0 Å². The van der Waals surface area contributed by atoms with Crippen LogP contribution in [0.3, 0.4) is 0 Å². The molecule has 2 aromatic rings. The first-order valence-electron chi connectivity index (χ1n) is 6.99. The van der Waals surface area contributed by atoms with Crippen molar-refractivity contribution < 1.29 is 9.63 Å². The Balaban J connectivity index is 1.87. The lowest BCUT2D eigenvalue weighted by Crippen LogP contribution is -2.40. The maximum Gasteiger partial charge on any atom is 0.247 e. The fourth-order valence-corrected chi connectivity index (χ4v) is 2.68. The van der Waals surface area contributed by atoms with E-state index in [1.165, 1.54) is 0 Å².